The van der Waals surface area contributed by atoms with Crippen molar-refractivity contribution in [3.63, 3.8) is 0 Å². The molecule has 3 aliphatic carbocycles. The molecule has 4 fully saturated rings. The van der Waals surface area contributed by atoms with Crippen LogP contribution in [0.1, 0.15) is 57.2 Å². The molecule has 8 rings (SSSR count). The molecule has 3 saturated carbocycles. The van der Waals surface area contributed by atoms with Crippen molar-refractivity contribution in [2.24, 2.45) is 23.2 Å². The second kappa shape index (κ2) is 11.8. The van der Waals surface area contributed by atoms with Gasteiger partial charge < -0.3 is 34.8 Å². The van der Waals surface area contributed by atoms with E-state index >= 15 is 0 Å². The molecule has 1 saturated heterocycles. The number of carboxylic acids is 1. The van der Waals surface area contributed by atoms with Gasteiger partial charge >= 0.3 is 12.1 Å². The monoisotopic (exact) mass is 678 g/mol. The van der Waals surface area contributed by atoms with Crippen LogP contribution in [0.3, 0.4) is 0 Å². The molecular formula is C38H42N6O6. The average Bonchev–Trinajstić information content (AvgIpc) is 3.87. The van der Waals surface area contributed by atoms with Crippen LogP contribution in [0.5, 0.6) is 0 Å². The summed E-state index contributed by atoms with van der Waals surface area (Å²) in [5, 5.41) is 12.6. The standard InChI is InChI=1S/C38H42N6O6/c1-20(49-3)31(43-36(48)50-4)33(45)44-17-5-6-28(44)32-39-18-26(41-32)23-11-7-21(8-12-23)22-9-13-24(14-10-22)27-19-40-35(42-27)38-29-16-15-25(37(29,38)2)30(38)34(46)47/h7-14,18-20,25,28-31H,5-6,15-17H2,1-4H3,(H,39,41)(H,40,42)(H,43,48)(H,46,47)/t20?,25-,28-,29-,30-,31-,37+,38+/m0/s1. The number of alkyl carbamates (subject to hydrolysis) is 1. The number of methoxy groups -OCH3 is 2. The number of fused-ring (bicyclic) bond motifs is 1. The van der Waals surface area contributed by atoms with E-state index in [4.69, 9.17) is 14.5 Å². The highest BCUT2D eigenvalue weighted by molar-refractivity contribution is 5.87. The molecule has 0 radical (unpaired) electrons. The summed E-state index contributed by atoms with van der Waals surface area (Å²) in [4.78, 5) is 55.8. The number of H-pyrrole nitrogens is 2. The van der Waals surface area contributed by atoms with Gasteiger partial charge in [-0.2, -0.15) is 0 Å². The van der Waals surface area contributed by atoms with Gasteiger partial charge in [-0.1, -0.05) is 55.5 Å². The Balaban J connectivity index is 0.949. The summed E-state index contributed by atoms with van der Waals surface area (Å²) in [7, 11) is 2.76. The van der Waals surface area contributed by atoms with Gasteiger partial charge in [-0.25, -0.2) is 14.8 Å². The maximum atomic E-state index is 13.6. The zero-order valence-corrected chi connectivity index (χ0v) is 28.6. The fraction of sp³-hybridized carbons (Fsp3) is 0.447. The maximum absolute atomic E-state index is 13.6. The van der Waals surface area contributed by atoms with Crippen LogP contribution in [0.25, 0.3) is 33.6 Å². The van der Waals surface area contributed by atoms with Gasteiger partial charge in [-0.15, -0.1) is 0 Å². The number of ether oxygens (including phenoxy) is 2. The second-order valence-corrected chi connectivity index (χ2v) is 14.4. The van der Waals surface area contributed by atoms with Crippen molar-refractivity contribution in [2.45, 2.75) is 63.1 Å². The number of hydrogen-bond donors (Lipinski definition) is 4. The third-order valence-electron chi connectivity index (χ3n) is 12.5. The van der Waals surface area contributed by atoms with Crippen LogP contribution in [0.4, 0.5) is 4.79 Å². The van der Waals surface area contributed by atoms with E-state index in [9.17, 15) is 19.5 Å². The first-order valence-corrected chi connectivity index (χ1v) is 17.4. The Bertz CT molecular complexity index is 1950. The van der Waals surface area contributed by atoms with E-state index in [0.717, 1.165) is 65.1 Å². The van der Waals surface area contributed by atoms with E-state index in [1.54, 1.807) is 18.0 Å². The van der Waals surface area contributed by atoms with Gasteiger partial charge in [0, 0.05) is 13.7 Å². The number of benzene rings is 2. The normalized spacial score (nSPS) is 28.8. The van der Waals surface area contributed by atoms with Crippen LogP contribution >= 0.6 is 0 Å². The second-order valence-electron chi connectivity index (χ2n) is 14.4. The predicted molar refractivity (Wildman–Crippen MR) is 184 cm³/mol. The summed E-state index contributed by atoms with van der Waals surface area (Å²) < 4.78 is 10.1. The molecule has 0 spiro atoms. The van der Waals surface area contributed by atoms with Crippen LogP contribution in [0.15, 0.2) is 60.9 Å². The SMILES string of the molecule is COC(=O)N[C@H](C(=O)N1CCC[C@H]1c1ncc(-c2ccc(-c3ccc(-c4cnc([C@]56[C@H](C(=O)O)[C@@H]7CC[C@H]5[C@@]76C)[nH]4)cc3)cc2)[nH]1)C(C)OC. The fourth-order valence-corrected chi connectivity index (χ4v) is 9.94. The highest BCUT2D eigenvalue weighted by atomic mass is 16.5. The lowest BCUT2D eigenvalue weighted by Gasteiger charge is -2.47. The third-order valence-corrected chi connectivity index (χ3v) is 12.5. The molecule has 3 heterocycles. The Labute approximate surface area is 290 Å². The predicted octanol–water partition coefficient (Wildman–Crippen LogP) is 5.56. The first-order chi connectivity index (χ1) is 24.1. The van der Waals surface area contributed by atoms with E-state index in [1.165, 1.54) is 14.2 Å². The molecule has 12 heteroatoms. The van der Waals surface area contributed by atoms with Crippen LogP contribution in [-0.4, -0.2) is 80.8 Å². The molecule has 4 N–H and O–H groups in total. The van der Waals surface area contributed by atoms with Gasteiger partial charge in [0.2, 0.25) is 5.91 Å². The first-order valence-electron chi connectivity index (χ1n) is 17.4. The van der Waals surface area contributed by atoms with Crippen molar-refractivity contribution < 1.29 is 29.0 Å². The molecule has 1 unspecified atom stereocenters. The molecule has 4 aliphatic rings. The number of imidazole rings is 2. The topological polar surface area (TPSA) is 163 Å². The van der Waals surface area contributed by atoms with E-state index in [-0.39, 0.29) is 34.6 Å². The van der Waals surface area contributed by atoms with Gasteiger partial charge in [-0.3, -0.25) is 9.59 Å². The van der Waals surface area contributed by atoms with Crippen molar-refractivity contribution in [1.29, 1.82) is 0 Å². The number of carbonyl (C=O) groups excluding carboxylic acids is 2. The molecule has 1 aliphatic heterocycles. The smallest absolute Gasteiger partial charge is 0.407 e. The minimum absolute atomic E-state index is 0.0614. The Hall–Kier alpha value is -4.97. The molecular weight excluding hydrogens is 636 g/mol. The van der Waals surface area contributed by atoms with Crippen LogP contribution in [-0.2, 0) is 24.5 Å². The number of carboxylic acid groups (broad SMARTS) is 1. The molecule has 0 bridgehead atoms. The van der Waals surface area contributed by atoms with E-state index in [0.29, 0.717) is 18.3 Å². The van der Waals surface area contributed by atoms with E-state index in [2.05, 4.69) is 63.6 Å². The van der Waals surface area contributed by atoms with Crippen LogP contribution in [0.2, 0.25) is 0 Å². The number of aromatic amines is 2. The minimum Gasteiger partial charge on any atom is -0.481 e. The number of nitrogens with zero attached hydrogens (tertiary/aromatic N) is 3. The summed E-state index contributed by atoms with van der Waals surface area (Å²) in [6.07, 6.45) is 6.07. The van der Waals surface area contributed by atoms with Crippen molar-refractivity contribution in [3.05, 3.63) is 72.6 Å². The van der Waals surface area contributed by atoms with Gasteiger partial charge in [0.25, 0.3) is 0 Å². The van der Waals surface area contributed by atoms with E-state index in [1.807, 2.05) is 18.3 Å². The first kappa shape index (κ1) is 32.2. The minimum atomic E-state index is -0.885. The third kappa shape index (κ3) is 4.57. The number of aromatic nitrogens is 4. The summed E-state index contributed by atoms with van der Waals surface area (Å²) in [5.74, 6) is 0.915. The molecule has 2 amide bonds. The quantitative estimate of drug-likeness (QED) is 0.170. The van der Waals surface area contributed by atoms with Crippen LogP contribution in [0, 0.1) is 23.2 Å². The zero-order valence-electron chi connectivity index (χ0n) is 28.6. The summed E-state index contributed by atoms with van der Waals surface area (Å²) >= 11 is 0. The summed E-state index contributed by atoms with van der Waals surface area (Å²) in [6.45, 7) is 4.54. The lowest BCUT2D eigenvalue weighted by molar-refractivity contribution is -0.154. The highest BCUT2D eigenvalue weighted by Gasteiger charge is 2.93. The molecule has 8 atom stereocenters. The lowest BCUT2D eigenvalue weighted by Crippen LogP contribution is -2.54. The number of amides is 2. The fourth-order valence-electron chi connectivity index (χ4n) is 9.94. The van der Waals surface area contributed by atoms with E-state index < -0.39 is 24.2 Å². The number of nitrogens with one attached hydrogen (secondary N) is 3. The largest absolute Gasteiger partial charge is 0.481 e. The highest BCUT2D eigenvalue weighted by Crippen LogP contribution is 2.91. The van der Waals surface area contributed by atoms with Gasteiger partial charge in [0.15, 0.2) is 0 Å². The Kier molecular flexibility index (Phi) is 7.63. The molecule has 2 aromatic heterocycles. The Morgan fingerprint density at radius 2 is 1.54 bits per heavy atom. The molecule has 4 aromatic rings. The Morgan fingerprint density at radius 3 is 2.14 bits per heavy atom. The zero-order chi connectivity index (χ0) is 34.9. The maximum Gasteiger partial charge on any atom is 0.407 e. The van der Waals surface area contributed by atoms with Crippen molar-refractivity contribution in [1.82, 2.24) is 30.2 Å². The molecule has 2 aromatic carbocycles. The van der Waals surface area contributed by atoms with Gasteiger partial charge in [0.05, 0.1) is 54.4 Å². The van der Waals surface area contributed by atoms with Gasteiger partial charge in [-0.05, 0) is 72.1 Å². The van der Waals surface area contributed by atoms with Crippen molar-refractivity contribution in [3.8, 4) is 33.6 Å². The number of carbonyl (C=O) groups is 3. The molecule has 50 heavy (non-hydrogen) atoms. The number of aliphatic carboxylic acids is 1. The Morgan fingerprint density at radius 1 is 0.920 bits per heavy atom. The van der Waals surface area contributed by atoms with Crippen molar-refractivity contribution in [2.75, 3.05) is 20.8 Å². The van der Waals surface area contributed by atoms with Crippen molar-refractivity contribution >= 4 is 18.0 Å². The lowest BCUT2D eigenvalue weighted by atomic mass is 9.55. The van der Waals surface area contributed by atoms with Gasteiger partial charge in [0.1, 0.15) is 17.7 Å². The summed E-state index contributed by atoms with van der Waals surface area (Å²) in [5.41, 5.74) is 5.58. The number of likely N-dealkylation sites (tertiary alicyclic amines) is 1. The molecule has 260 valence electrons. The average molecular weight is 679 g/mol. The van der Waals surface area contributed by atoms with Crippen LogP contribution < -0.4 is 5.32 Å². The number of rotatable bonds is 10. The summed E-state index contributed by atoms with van der Waals surface area (Å²) in [6, 6.07) is 15.4. The number of hydrogen-bond acceptors (Lipinski definition) is 7. The molecule has 12 nitrogen and oxygen atoms in total.